The maximum atomic E-state index is 12.2. The number of piperidine rings is 1. The van der Waals surface area contributed by atoms with E-state index in [2.05, 4.69) is 24.0 Å². The molecule has 0 aromatic rings. The second-order valence-electron chi connectivity index (χ2n) is 4.23. The number of nitrogens with two attached hydrogens (primary N) is 1. The Hall–Kier alpha value is -0.670. The van der Waals surface area contributed by atoms with Gasteiger partial charge in [0, 0.05) is 13.1 Å². The Balaban J connectivity index is 2.42. The lowest BCUT2D eigenvalue weighted by Gasteiger charge is -2.31. The molecule has 1 heterocycles. The second-order valence-corrected chi connectivity index (χ2v) is 4.23. The molecule has 16 heavy (non-hydrogen) atoms. The van der Waals surface area contributed by atoms with Crippen LogP contribution in [-0.4, -0.2) is 37.8 Å². The molecule has 0 bridgehead atoms. The highest BCUT2D eigenvalue weighted by Crippen LogP contribution is 2.25. The van der Waals surface area contributed by atoms with E-state index >= 15 is 0 Å². The number of alkyl halides is 1. The number of halogens is 1. The third-order valence-electron chi connectivity index (χ3n) is 3.24. The van der Waals surface area contributed by atoms with Crippen LogP contribution in [0.1, 0.15) is 19.8 Å². The third kappa shape index (κ3) is 4.06. The van der Waals surface area contributed by atoms with Gasteiger partial charge in [-0.25, -0.2) is 4.39 Å². The minimum absolute atomic E-state index is 0.228. The molecule has 2 nitrogen and oxygen atoms in total. The molecule has 0 radical (unpaired) electrons. The van der Waals surface area contributed by atoms with Crippen molar-refractivity contribution in [3.8, 4) is 0 Å². The van der Waals surface area contributed by atoms with E-state index in [0.717, 1.165) is 25.9 Å². The van der Waals surface area contributed by atoms with E-state index in [-0.39, 0.29) is 6.67 Å². The second kappa shape index (κ2) is 7.58. The predicted octanol–water partition coefficient (Wildman–Crippen LogP) is 2.13. The van der Waals surface area contributed by atoms with E-state index in [9.17, 15) is 4.39 Å². The van der Waals surface area contributed by atoms with Gasteiger partial charge in [0.25, 0.3) is 0 Å². The molecule has 0 amide bonds. The average molecular weight is 226 g/mol. The first kappa shape index (κ1) is 13.4. The Labute approximate surface area is 98.0 Å². The van der Waals surface area contributed by atoms with Crippen LogP contribution in [0.15, 0.2) is 23.8 Å². The van der Waals surface area contributed by atoms with Crippen molar-refractivity contribution in [1.29, 1.82) is 0 Å². The summed E-state index contributed by atoms with van der Waals surface area (Å²) in [6.07, 6.45) is 8.57. The summed E-state index contributed by atoms with van der Waals surface area (Å²) in [4.78, 5) is 2.20. The number of hydrogen-bond donors (Lipinski definition) is 1. The van der Waals surface area contributed by atoms with Crippen molar-refractivity contribution in [3.05, 3.63) is 23.8 Å². The van der Waals surface area contributed by atoms with Crippen molar-refractivity contribution < 1.29 is 4.39 Å². The standard InChI is InChI=1S/C13H23FN2/c1-2-12(4-3-8-15)13-5-9-16(10-6-13)11-7-14/h2-4,13H,5-11,15H2,1H3. The SMILES string of the molecule is CC=C(C=CCN)C1CCN(CCF)CC1. The van der Waals surface area contributed by atoms with Crippen LogP contribution < -0.4 is 5.73 Å². The molecule has 92 valence electrons. The van der Waals surface area contributed by atoms with Crippen LogP contribution in [-0.2, 0) is 0 Å². The highest BCUT2D eigenvalue weighted by atomic mass is 19.1. The summed E-state index contributed by atoms with van der Waals surface area (Å²) in [5.41, 5.74) is 6.84. The lowest BCUT2D eigenvalue weighted by molar-refractivity contribution is 0.186. The molecule has 0 atom stereocenters. The Kier molecular flexibility index (Phi) is 6.34. The number of likely N-dealkylation sites (tertiary alicyclic amines) is 1. The number of rotatable bonds is 5. The molecule has 0 unspecified atom stereocenters. The maximum absolute atomic E-state index is 12.2. The number of hydrogen-bond acceptors (Lipinski definition) is 2. The molecular formula is C13H23FN2. The molecule has 2 N–H and O–H groups in total. The predicted molar refractivity (Wildman–Crippen MR) is 67.1 cm³/mol. The maximum Gasteiger partial charge on any atom is 0.102 e. The molecule has 0 aromatic heterocycles. The van der Waals surface area contributed by atoms with Gasteiger partial charge in [0.15, 0.2) is 0 Å². The quantitative estimate of drug-likeness (QED) is 0.728. The minimum Gasteiger partial charge on any atom is -0.327 e. The fraction of sp³-hybridized carbons (Fsp3) is 0.692. The Morgan fingerprint density at radius 3 is 2.62 bits per heavy atom. The molecule has 0 saturated carbocycles. The molecule has 0 aliphatic carbocycles. The van der Waals surface area contributed by atoms with Crippen molar-refractivity contribution >= 4 is 0 Å². The van der Waals surface area contributed by atoms with E-state index in [1.54, 1.807) is 0 Å². The minimum atomic E-state index is -0.228. The molecule has 1 aliphatic rings. The van der Waals surface area contributed by atoms with Crippen LogP contribution in [0.25, 0.3) is 0 Å². The van der Waals surface area contributed by atoms with E-state index in [0.29, 0.717) is 19.0 Å². The van der Waals surface area contributed by atoms with Gasteiger partial charge in [-0.2, -0.15) is 0 Å². The molecular weight excluding hydrogens is 203 g/mol. The molecule has 0 spiro atoms. The van der Waals surface area contributed by atoms with E-state index in [4.69, 9.17) is 5.73 Å². The highest BCUT2D eigenvalue weighted by Gasteiger charge is 2.20. The number of nitrogens with zero attached hydrogens (tertiary/aromatic N) is 1. The van der Waals surface area contributed by atoms with Gasteiger partial charge in [0.1, 0.15) is 6.67 Å². The van der Waals surface area contributed by atoms with Gasteiger partial charge in [-0.15, -0.1) is 0 Å². The summed E-state index contributed by atoms with van der Waals surface area (Å²) in [5.74, 6) is 0.628. The van der Waals surface area contributed by atoms with Crippen molar-refractivity contribution in [2.45, 2.75) is 19.8 Å². The van der Waals surface area contributed by atoms with Gasteiger partial charge >= 0.3 is 0 Å². The van der Waals surface area contributed by atoms with Gasteiger partial charge < -0.3 is 10.6 Å². The van der Waals surface area contributed by atoms with Crippen LogP contribution >= 0.6 is 0 Å². The monoisotopic (exact) mass is 226 g/mol. The number of allylic oxidation sites excluding steroid dienone is 3. The van der Waals surface area contributed by atoms with Crippen LogP contribution in [0, 0.1) is 5.92 Å². The lowest BCUT2D eigenvalue weighted by atomic mass is 9.88. The lowest BCUT2D eigenvalue weighted by Crippen LogP contribution is -2.35. The van der Waals surface area contributed by atoms with Gasteiger partial charge in [-0.3, -0.25) is 0 Å². The summed E-state index contributed by atoms with van der Waals surface area (Å²) in [6.45, 7) is 5.07. The van der Waals surface area contributed by atoms with E-state index in [1.165, 1.54) is 5.57 Å². The fourth-order valence-corrected chi connectivity index (χ4v) is 2.28. The van der Waals surface area contributed by atoms with Crippen molar-refractivity contribution in [2.24, 2.45) is 11.7 Å². The van der Waals surface area contributed by atoms with Gasteiger partial charge in [-0.05, 0) is 44.3 Å². The zero-order chi connectivity index (χ0) is 11.8. The summed E-state index contributed by atoms with van der Waals surface area (Å²) >= 11 is 0. The van der Waals surface area contributed by atoms with Crippen LogP contribution in [0.2, 0.25) is 0 Å². The van der Waals surface area contributed by atoms with E-state index < -0.39 is 0 Å². The summed E-state index contributed by atoms with van der Waals surface area (Å²) in [6, 6.07) is 0. The first-order valence-corrected chi connectivity index (χ1v) is 6.13. The molecule has 1 saturated heterocycles. The van der Waals surface area contributed by atoms with Crippen LogP contribution in [0.3, 0.4) is 0 Å². The van der Waals surface area contributed by atoms with Crippen molar-refractivity contribution in [2.75, 3.05) is 32.9 Å². The first-order valence-electron chi connectivity index (χ1n) is 6.13. The average Bonchev–Trinajstić information content (AvgIpc) is 2.32. The Morgan fingerprint density at radius 1 is 1.44 bits per heavy atom. The largest absolute Gasteiger partial charge is 0.327 e. The topological polar surface area (TPSA) is 29.3 Å². The van der Waals surface area contributed by atoms with E-state index in [1.807, 2.05) is 6.08 Å². The fourth-order valence-electron chi connectivity index (χ4n) is 2.28. The zero-order valence-corrected chi connectivity index (χ0v) is 10.2. The smallest absolute Gasteiger partial charge is 0.102 e. The van der Waals surface area contributed by atoms with Gasteiger partial charge in [0.2, 0.25) is 0 Å². The van der Waals surface area contributed by atoms with Crippen LogP contribution in [0.4, 0.5) is 4.39 Å². The Bertz CT molecular complexity index is 240. The summed E-state index contributed by atoms with van der Waals surface area (Å²) < 4.78 is 12.2. The molecule has 0 aromatic carbocycles. The van der Waals surface area contributed by atoms with Gasteiger partial charge in [-0.1, -0.05) is 18.2 Å². The zero-order valence-electron chi connectivity index (χ0n) is 10.2. The highest BCUT2D eigenvalue weighted by molar-refractivity contribution is 5.21. The van der Waals surface area contributed by atoms with Crippen molar-refractivity contribution in [3.63, 3.8) is 0 Å². The summed E-state index contributed by atoms with van der Waals surface area (Å²) in [7, 11) is 0. The van der Waals surface area contributed by atoms with Crippen LogP contribution in [0.5, 0.6) is 0 Å². The first-order chi connectivity index (χ1) is 7.81. The summed E-state index contributed by atoms with van der Waals surface area (Å²) in [5, 5.41) is 0. The van der Waals surface area contributed by atoms with Crippen molar-refractivity contribution in [1.82, 2.24) is 4.90 Å². The molecule has 3 heteroatoms. The third-order valence-corrected chi connectivity index (χ3v) is 3.24. The Morgan fingerprint density at radius 2 is 2.12 bits per heavy atom. The molecule has 1 fully saturated rings. The molecule has 1 aliphatic heterocycles. The molecule has 1 rings (SSSR count). The van der Waals surface area contributed by atoms with Gasteiger partial charge in [0.05, 0.1) is 0 Å². The normalized spacial score (nSPS) is 20.8.